The van der Waals surface area contributed by atoms with E-state index in [1.54, 1.807) is 18.2 Å². The molecule has 1 aromatic carbocycles. The predicted molar refractivity (Wildman–Crippen MR) is 128 cm³/mol. The zero-order valence-electron chi connectivity index (χ0n) is 17.2. The lowest BCUT2D eigenvalue weighted by atomic mass is 9.72. The molecule has 0 unspecified atom stereocenters. The van der Waals surface area contributed by atoms with Crippen LogP contribution < -0.4 is 16.0 Å². The van der Waals surface area contributed by atoms with Gasteiger partial charge in [-0.2, -0.15) is 0 Å². The minimum absolute atomic E-state index is 0. The van der Waals surface area contributed by atoms with Crippen LogP contribution in [0.25, 0.3) is 0 Å². The summed E-state index contributed by atoms with van der Waals surface area (Å²) in [6.07, 6.45) is 6.73. The van der Waals surface area contributed by atoms with E-state index in [0.717, 1.165) is 31.8 Å². The van der Waals surface area contributed by atoms with Gasteiger partial charge in [-0.05, 0) is 37.7 Å². The molecule has 0 aromatic heterocycles. The number of guanidine groups is 1. The van der Waals surface area contributed by atoms with Crippen LogP contribution in [0.1, 0.15) is 45.4 Å². The van der Waals surface area contributed by atoms with Gasteiger partial charge in [-0.25, -0.2) is 0 Å². The smallest absolute Gasteiger partial charge is 0.292 e. The van der Waals surface area contributed by atoms with Crippen LogP contribution in [-0.2, 0) is 0 Å². The van der Waals surface area contributed by atoms with Crippen molar-refractivity contribution in [1.82, 2.24) is 10.6 Å². The molecule has 4 N–H and O–H groups in total. The Bertz CT molecular complexity index is 645. The lowest BCUT2D eigenvalue weighted by molar-refractivity contribution is -0.384. The van der Waals surface area contributed by atoms with Crippen molar-refractivity contribution < 1.29 is 10.0 Å². The Balaban J connectivity index is 0.00000420. The van der Waals surface area contributed by atoms with Gasteiger partial charge in [0.05, 0.1) is 4.92 Å². The maximum absolute atomic E-state index is 11.1. The van der Waals surface area contributed by atoms with E-state index in [2.05, 4.69) is 16.0 Å². The molecule has 0 atom stereocenters. The molecule has 1 aliphatic rings. The summed E-state index contributed by atoms with van der Waals surface area (Å²) in [7, 11) is 0. The lowest BCUT2D eigenvalue weighted by Crippen LogP contribution is -2.41. The number of nitrogens with zero attached hydrogens (tertiary/aromatic N) is 2. The zero-order chi connectivity index (χ0) is 20.2. The van der Waals surface area contributed by atoms with Crippen molar-refractivity contribution in [2.45, 2.75) is 45.4 Å². The standard InChI is InChI=1S/C20H33N5O3.HI/c1-2-21-19(24-16-20(12-15-26)10-6-3-7-11-20)23-14-13-22-17-8-4-5-9-18(17)25(27)28;/h4-5,8-9,22,26H,2-3,6-7,10-16H2,1H3,(H2,21,23,24);1H. The molecule has 0 spiro atoms. The van der Waals surface area contributed by atoms with Crippen LogP contribution in [0.4, 0.5) is 11.4 Å². The average Bonchev–Trinajstić information content (AvgIpc) is 2.70. The summed E-state index contributed by atoms with van der Waals surface area (Å²) in [5, 5.41) is 30.2. The number of aliphatic hydroxyl groups excluding tert-OH is 1. The third kappa shape index (κ3) is 8.33. The summed E-state index contributed by atoms with van der Waals surface area (Å²) in [6, 6.07) is 6.63. The number of rotatable bonds is 10. The average molecular weight is 519 g/mol. The molecule has 0 heterocycles. The first-order chi connectivity index (χ1) is 13.6. The highest BCUT2D eigenvalue weighted by atomic mass is 127. The topological polar surface area (TPSA) is 112 Å². The van der Waals surface area contributed by atoms with Crippen LogP contribution in [0, 0.1) is 15.5 Å². The number of aliphatic hydroxyl groups is 1. The van der Waals surface area contributed by atoms with Gasteiger partial charge in [-0.3, -0.25) is 15.1 Å². The Hall–Kier alpha value is -1.62. The lowest BCUT2D eigenvalue weighted by Gasteiger charge is -2.35. The minimum atomic E-state index is -0.383. The molecule has 0 saturated heterocycles. The summed E-state index contributed by atoms with van der Waals surface area (Å²) in [6.45, 7) is 4.82. The third-order valence-corrected chi connectivity index (χ3v) is 5.31. The number of nitro groups is 1. The van der Waals surface area contributed by atoms with E-state index in [9.17, 15) is 15.2 Å². The van der Waals surface area contributed by atoms with Gasteiger partial charge in [0.1, 0.15) is 5.69 Å². The van der Waals surface area contributed by atoms with E-state index < -0.39 is 0 Å². The Morgan fingerprint density at radius 3 is 2.59 bits per heavy atom. The molecule has 164 valence electrons. The van der Waals surface area contributed by atoms with E-state index in [-0.39, 0.29) is 46.6 Å². The molecule has 1 aliphatic carbocycles. The number of nitro benzene ring substituents is 1. The highest BCUT2D eigenvalue weighted by molar-refractivity contribution is 14.0. The highest BCUT2D eigenvalue weighted by Crippen LogP contribution is 2.39. The second-order valence-corrected chi connectivity index (χ2v) is 7.36. The van der Waals surface area contributed by atoms with Gasteiger partial charge in [0.15, 0.2) is 5.96 Å². The Labute approximate surface area is 190 Å². The Morgan fingerprint density at radius 2 is 1.93 bits per heavy atom. The van der Waals surface area contributed by atoms with E-state index in [1.807, 2.05) is 6.92 Å². The molecule has 0 bridgehead atoms. The molecular formula is C20H34IN5O3. The van der Waals surface area contributed by atoms with Crippen LogP contribution in [-0.4, -0.2) is 48.8 Å². The van der Waals surface area contributed by atoms with Crippen molar-refractivity contribution in [1.29, 1.82) is 0 Å². The number of nitrogens with one attached hydrogen (secondary N) is 3. The first-order valence-corrected chi connectivity index (χ1v) is 10.2. The Kier molecular flexibility index (Phi) is 11.9. The number of aliphatic imine (C=N–C) groups is 1. The normalized spacial score (nSPS) is 15.9. The second kappa shape index (κ2) is 13.6. The quantitative estimate of drug-likeness (QED) is 0.0941. The fourth-order valence-electron chi connectivity index (χ4n) is 3.78. The molecule has 0 amide bonds. The molecule has 2 rings (SSSR count). The zero-order valence-corrected chi connectivity index (χ0v) is 19.5. The first kappa shape index (κ1) is 25.4. The van der Waals surface area contributed by atoms with Gasteiger partial charge in [-0.15, -0.1) is 24.0 Å². The van der Waals surface area contributed by atoms with Crippen LogP contribution in [0.5, 0.6) is 0 Å². The number of anilines is 1. The maximum Gasteiger partial charge on any atom is 0.292 e. The molecule has 0 aliphatic heterocycles. The molecule has 8 nitrogen and oxygen atoms in total. The van der Waals surface area contributed by atoms with Crippen molar-refractivity contribution >= 4 is 41.3 Å². The number of halogens is 1. The number of hydrogen-bond donors (Lipinski definition) is 4. The second-order valence-electron chi connectivity index (χ2n) is 7.36. The van der Waals surface area contributed by atoms with Crippen molar-refractivity contribution in [3.63, 3.8) is 0 Å². The maximum atomic E-state index is 11.1. The summed E-state index contributed by atoms with van der Waals surface area (Å²) in [5.74, 6) is 0.745. The van der Waals surface area contributed by atoms with Gasteiger partial charge >= 0.3 is 0 Å². The molecule has 1 saturated carbocycles. The van der Waals surface area contributed by atoms with E-state index in [1.165, 1.54) is 25.3 Å². The highest BCUT2D eigenvalue weighted by Gasteiger charge is 2.31. The summed E-state index contributed by atoms with van der Waals surface area (Å²) < 4.78 is 0. The molecule has 0 radical (unpaired) electrons. The summed E-state index contributed by atoms with van der Waals surface area (Å²) in [5.41, 5.74) is 0.699. The number of hydrogen-bond acceptors (Lipinski definition) is 5. The van der Waals surface area contributed by atoms with Gasteiger partial charge in [-0.1, -0.05) is 31.4 Å². The third-order valence-electron chi connectivity index (χ3n) is 5.31. The van der Waals surface area contributed by atoms with Crippen molar-refractivity contribution in [2.75, 3.05) is 38.1 Å². The molecule has 9 heteroatoms. The van der Waals surface area contributed by atoms with Gasteiger partial charge in [0.2, 0.25) is 0 Å². The fourth-order valence-corrected chi connectivity index (χ4v) is 3.78. The van der Waals surface area contributed by atoms with Gasteiger partial charge < -0.3 is 21.1 Å². The SMILES string of the molecule is CCNC(=NCC1(CCO)CCCCC1)NCCNc1ccccc1[N+](=O)[O-].I. The number of benzene rings is 1. The van der Waals surface area contributed by atoms with Crippen LogP contribution >= 0.6 is 24.0 Å². The monoisotopic (exact) mass is 519 g/mol. The van der Waals surface area contributed by atoms with Crippen molar-refractivity contribution in [3.05, 3.63) is 34.4 Å². The summed E-state index contributed by atoms with van der Waals surface area (Å²) >= 11 is 0. The molecule has 1 aromatic rings. The largest absolute Gasteiger partial charge is 0.396 e. The number of para-hydroxylation sites is 2. The van der Waals surface area contributed by atoms with E-state index in [4.69, 9.17) is 4.99 Å². The van der Waals surface area contributed by atoms with Crippen molar-refractivity contribution in [2.24, 2.45) is 10.4 Å². The predicted octanol–water partition coefficient (Wildman–Crippen LogP) is 3.51. The van der Waals surface area contributed by atoms with Gasteiger partial charge in [0, 0.05) is 38.9 Å². The fraction of sp³-hybridized carbons (Fsp3) is 0.650. The molecular weight excluding hydrogens is 485 g/mol. The molecule has 29 heavy (non-hydrogen) atoms. The Morgan fingerprint density at radius 1 is 1.21 bits per heavy atom. The van der Waals surface area contributed by atoms with Crippen molar-refractivity contribution in [3.8, 4) is 0 Å². The van der Waals surface area contributed by atoms with E-state index in [0.29, 0.717) is 25.3 Å². The molecule has 1 fully saturated rings. The minimum Gasteiger partial charge on any atom is -0.396 e. The van der Waals surface area contributed by atoms with Gasteiger partial charge in [0.25, 0.3) is 5.69 Å². The van der Waals surface area contributed by atoms with Crippen LogP contribution in [0.2, 0.25) is 0 Å². The van der Waals surface area contributed by atoms with Crippen LogP contribution in [0.15, 0.2) is 29.3 Å². The first-order valence-electron chi connectivity index (χ1n) is 10.2. The van der Waals surface area contributed by atoms with E-state index >= 15 is 0 Å². The van der Waals surface area contributed by atoms with Crippen LogP contribution in [0.3, 0.4) is 0 Å². The summed E-state index contributed by atoms with van der Waals surface area (Å²) in [4.78, 5) is 15.5.